The number of nitrogens with one attached hydrogen (secondary N) is 2. The van der Waals surface area contributed by atoms with E-state index in [4.69, 9.17) is 0 Å². The van der Waals surface area contributed by atoms with Crippen LogP contribution in [0.5, 0.6) is 0 Å². The van der Waals surface area contributed by atoms with Crippen molar-refractivity contribution in [2.24, 2.45) is 5.92 Å². The topological polar surface area (TPSA) is 104 Å². The molecule has 142 valence electrons. The number of carbonyl (C=O) groups excluding carboxylic acids is 2. The number of carbonyl (C=O) groups is 2. The van der Waals surface area contributed by atoms with Crippen LogP contribution >= 0.6 is 0 Å². The molecule has 0 spiro atoms. The Labute approximate surface area is 159 Å². The van der Waals surface area contributed by atoms with Crippen LogP contribution in [0, 0.1) is 5.92 Å². The molecule has 0 aliphatic rings. The van der Waals surface area contributed by atoms with Crippen molar-refractivity contribution in [1.82, 2.24) is 20.6 Å². The van der Waals surface area contributed by atoms with E-state index < -0.39 is 11.9 Å². The molecule has 2 aromatic rings. The molecule has 0 saturated carbocycles. The van der Waals surface area contributed by atoms with Crippen LogP contribution in [0.4, 0.5) is 0 Å². The predicted molar refractivity (Wildman–Crippen MR) is 104 cm³/mol. The van der Waals surface area contributed by atoms with E-state index in [1.54, 1.807) is 0 Å². The zero-order chi connectivity index (χ0) is 19.6. The third-order valence-corrected chi connectivity index (χ3v) is 4.02. The summed E-state index contributed by atoms with van der Waals surface area (Å²) in [6.07, 6.45) is 5.23. The van der Waals surface area contributed by atoms with E-state index >= 15 is 0 Å². The van der Waals surface area contributed by atoms with Crippen LogP contribution in [0.3, 0.4) is 0 Å². The molecule has 0 fully saturated rings. The van der Waals surface area contributed by atoms with Crippen molar-refractivity contribution < 1.29 is 14.6 Å². The Morgan fingerprint density at radius 3 is 2.48 bits per heavy atom. The average molecular weight is 368 g/mol. The Morgan fingerprint density at radius 1 is 1.15 bits per heavy atom. The SMILES string of the molecule is CC(C)CC(BO)NC(=O)C(Cc1ccccc1)NC(=O)c1cnccn1. The van der Waals surface area contributed by atoms with Gasteiger partial charge >= 0.3 is 0 Å². The van der Waals surface area contributed by atoms with E-state index in [-0.39, 0.29) is 25.0 Å². The lowest BCUT2D eigenvalue weighted by molar-refractivity contribution is -0.123. The minimum atomic E-state index is -0.789. The van der Waals surface area contributed by atoms with Crippen LogP contribution in [-0.4, -0.2) is 46.3 Å². The number of hydrogen-bond donors (Lipinski definition) is 3. The number of amides is 2. The first-order valence-corrected chi connectivity index (χ1v) is 9.01. The summed E-state index contributed by atoms with van der Waals surface area (Å²) in [5.74, 6) is -0.840. The predicted octanol–water partition coefficient (Wildman–Crippen LogP) is 0.650. The molecule has 2 atom stereocenters. The lowest BCUT2D eigenvalue weighted by Crippen LogP contribution is -2.52. The summed E-state index contributed by atoms with van der Waals surface area (Å²) in [4.78, 5) is 33.1. The Hall–Kier alpha value is -2.74. The Kier molecular flexibility index (Phi) is 7.94. The van der Waals surface area contributed by atoms with E-state index in [1.807, 2.05) is 44.2 Å². The van der Waals surface area contributed by atoms with E-state index in [2.05, 4.69) is 20.6 Å². The molecule has 7 nitrogen and oxygen atoms in total. The zero-order valence-electron chi connectivity index (χ0n) is 15.6. The van der Waals surface area contributed by atoms with Crippen LogP contribution in [-0.2, 0) is 11.2 Å². The first-order chi connectivity index (χ1) is 13.0. The van der Waals surface area contributed by atoms with Gasteiger partial charge in [0, 0.05) is 24.8 Å². The second kappa shape index (κ2) is 10.4. The molecule has 2 rings (SSSR count). The zero-order valence-corrected chi connectivity index (χ0v) is 15.6. The molecule has 1 heterocycles. The van der Waals surface area contributed by atoms with E-state index in [1.165, 1.54) is 18.6 Å². The summed E-state index contributed by atoms with van der Waals surface area (Å²) in [7, 11) is -0.153. The van der Waals surface area contributed by atoms with Crippen molar-refractivity contribution in [3.8, 4) is 0 Å². The highest BCUT2D eigenvalue weighted by Crippen LogP contribution is 2.07. The average Bonchev–Trinajstić information content (AvgIpc) is 2.68. The molecule has 1 aromatic heterocycles. The van der Waals surface area contributed by atoms with E-state index in [0.717, 1.165) is 5.56 Å². The quantitative estimate of drug-likeness (QED) is 0.564. The van der Waals surface area contributed by atoms with Crippen molar-refractivity contribution in [2.75, 3.05) is 0 Å². The maximum atomic E-state index is 12.8. The van der Waals surface area contributed by atoms with Gasteiger partial charge in [0.15, 0.2) is 0 Å². The molecule has 0 radical (unpaired) electrons. The highest BCUT2D eigenvalue weighted by Gasteiger charge is 2.25. The van der Waals surface area contributed by atoms with Crippen molar-refractivity contribution in [1.29, 1.82) is 0 Å². The molecule has 2 amide bonds. The normalized spacial score (nSPS) is 12.9. The van der Waals surface area contributed by atoms with E-state index in [0.29, 0.717) is 18.8 Å². The van der Waals surface area contributed by atoms with Crippen molar-refractivity contribution in [3.63, 3.8) is 0 Å². The molecule has 27 heavy (non-hydrogen) atoms. The molecule has 8 heteroatoms. The summed E-state index contributed by atoms with van der Waals surface area (Å²) in [6, 6.07) is 8.65. The fourth-order valence-corrected chi connectivity index (χ4v) is 2.76. The standard InChI is InChI=1S/C19H25BN4O3/c1-13(2)10-17(20-27)24-18(25)15(11-14-6-4-3-5-7-14)23-19(26)16-12-21-8-9-22-16/h3-9,12-13,15,17,20,27H,10-11H2,1-2H3,(H,23,26)(H,24,25). The van der Waals surface area contributed by atoms with Crippen LogP contribution in [0.25, 0.3) is 0 Å². The molecular formula is C19H25BN4O3. The Balaban J connectivity index is 2.13. The van der Waals surface area contributed by atoms with Gasteiger partial charge in [-0.15, -0.1) is 0 Å². The maximum absolute atomic E-state index is 12.8. The van der Waals surface area contributed by atoms with E-state index in [9.17, 15) is 14.6 Å². The van der Waals surface area contributed by atoms with Gasteiger partial charge in [-0.3, -0.25) is 14.6 Å². The summed E-state index contributed by atoms with van der Waals surface area (Å²) in [6.45, 7) is 4.04. The fraction of sp³-hybridized carbons (Fsp3) is 0.368. The second-order valence-corrected chi connectivity index (χ2v) is 6.82. The first-order valence-electron chi connectivity index (χ1n) is 9.01. The van der Waals surface area contributed by atoms with Gasteiger partial charge in [-0.2, -0.15) is 0 Å². The summed E-state index contributed by atoms with van der Waals surface area (Å²) >= 11 is 0. The van der Waals surface area contributed by atoms with Gasteiger partial charge in [0.1, 0.15) is 11.7 Å². The Bertz CT molecular complexity index is 728. The molecule has 0 aliphatic carbocycles. The van der Waals surface area contributed by atoms with Crippen molar-refractivity contribution in [3.05, 3.63) is 60.2 Å². The summed E-state index contributed by atoms with van der Waals surface area (Å²) < 4.78 is 0. The number of rotatable bonds is 9. The Morgan fingerprint density at radius 2 is 1.89 bits per heavy atom. The molecule has 0 aliphatic heterocycles. The lowest BCUT2D eigenvalue weighted by Gasteiger charge is -2.23. The number of aromatic nitrogens is 2. The van der Waals surface area contributed by atoms with Crippen LogP contribution in [0.1, 0.15) is 36.3 Å². The van der Waals surface area contributed by atoms with Gasteiger partial charge in [-0.25, -0.2) is 4.98 Å². The van der Waals surface area contributed by atoms with Crippen LogP contribution < -0.4 is 10.6 Å². The van der Waals surface area contributed by atoms with Gasteiger partial charge in [0.05, 0.1) is 6.20 Å². The highest BCUT2D eigenvalue weighted by atomic mass is 16.2. The largest absolute Gasteiger partial charge is 0.452 e. The molecule has 2 unspecified atom stereocenters. The molecule has 0 bridgehead atoms. The van der Waals surface area contributed by atoms with Gasteiger partial charge < -0.3 is 15.7 Å². The van der Waals surface area contributed by atoms with Gasteiger partial charge in [0.2, 0.25) is 5.91 Å². The first kappa shape index (κ1) is 20.6. The lowest BCUT2D eigenvalue weighted by atomic mass is 9.82. The molecule has 0 saturated heterocycles. The van der Waals surface area contributed by atoms with Gasteiger partial charge in [-0.1, -0.05) is 44.2 Å². The highest BCUT2D eigenvalue weighted by molar-refractivity contribution is 6.28. The van der Waals surface area contributed by atoms with Gasteiger partial charge in [0.25, 0.3) is 13.4 Å². The maximum Gasteiger partial charge on any atom is 0.293 e. The number of benzene rings is 1. The number of hydrogen-bond acceptors (Lipinski definition) is 5. The minimum Gasteiger partial charge on any atom is -0.452 e. The number of nitrogens with zero attached hydrogens (tertiary/aromatic N) is 2. The fourth-order valence-electron chi connectivity index (χ4n) is 2.76. The minimum absolute atomic E-state index is 0.143. The van der Waals surface area contributed by atoms with Gasteiger partial charge in [-0.05, 0) is 17.9 Å². The molecular weight excluding hydrogens is 343 g/mol. The van der Waals surface area contributed by atoms with Crippen LogP contribution in [0.15, 0.2) is 48.9 Å². The smallest absolute Gasteiger partial charge is 0.293 e. The van der Waals surface area contributed by atoms with Crippen molar-refractivity contribution in [2.45, 2.75) is 38.7 Å². The second-order valence-electron chi connectivity index (χ2n) is 6.82. The summed E-state index contributed by atoms with van der Waals surface area (Å²) in [5.41, 5.74) is 1.06. The van der Waals surface area contributed by atoms with Crippen molar-refractivity contribution >= 4 is 19.3 Å². The molecule has 1 aromatic carbocycles. The summed E-state index contributed by atoms with van der Waals surface area (Å²) in [5, 5.41) is 15.1. The monoisotopic (exact) mass is 368 g/mol. The molecule has 3 N–H and O–H groups in total. The third kappa shape index (κ3) is 6.82. The third-order valence-electron chi connectivity index (χ3n) is 4.02. The van der Waals surface area contributed by atoms with Crippen LogP contribution in [0.2, 0.25) is 0 Å².